The van der Waals surface area contributed by atoms with Crippen molar-refractivity contribution < 1.29 is 4.79 Å². The van der Waals surface area contributed by atoms with Crippen molar-refractivity contribution in [2.45, 2.75) is 6.92 Å². The molecule has 0 aliphatic rings. The van der Waals surface area contributed by atoms with Crippen LogP contribution in [-0.4, -0.2) is 15.7 Å². The molecule has 0 unspecified atom stereocenters. The van der Waals surface area contributed by atoms with Crippen LogP contribution in [0.5, 0.6) is 0 Å². The molecule has 4 rings (SSSR count). The van der Waals surface area contributed by atoms with Crippen molar-refractivity contribution in [1.82, 2.24) is 9.78 Å². The number of amides is 1. The first kappa shape index (κ1) is 15.6. The number of hydrogen-bond acceptors (Lipinski definition) is 3. The van der Waals surface area contributed by atoms with Gasteiger partial charge in [-0.2, -0.15) is 5.10 Å². The lowest BCUT2D eigenvalue weighted by Crippen LogP contribution is -2.09. The van der Waals surface area contributed by atoms with Gasteiger partial charge in [0.2, 0.25) is 0 Å². The van der Waals surface area contributed by atoms with E-state index in [0.29, 0.717) is 4.88 Å². The fourth-order valence-corrected chi connectivity index (χ4v) is 3.90. The van der Waals surface area contributed by atoms with Crippen molar-refractivity contribution >= 4 is 33.1 Å². The maximum atomic E-state index is 12.5. The molecule has 4 nitrogen and oxygen atoms in total. The third-order valence-electron chi connectivity index (χ3n) is 4.17. The predicted molar refractivity (Wildman–Crippen MR) is 103 cm³/mol. The second-order valence-electron chi connectivity index (χ2n) is 5.94. The fraction of sp³-hybridized carbons (Fsp3) is 0.100. The van der Waals surface area contributed by atoms with Crippen LogP contribution in [0.15, 0.2) is 60.7 Å². The molecular weight excluding hydrogens is 330 g/mol. The Kier molecular flexibility index (Phi) is 3.86. The molecule has 0 saturated carbocycles. The summed E-state index contributed by atoms with van der Waals surface area (Å²) < 4.78 is 1.82. The van der Waals surface area contributed by atoms with Gasteiger partial charge in [0.15, 0.2) is 0 Å². The van der Waals surface area contributed by atoms with E-state index in [1.165, 1.54) is 11.3 Å². The zero-order valence-electron chi connectivity index (χ0n) is 14.0. The normalized spacial score (nSPS) is 11.0. The number of thiophene rings is 1. The van der Waals surface area contributed by atoms with Gasteiger partial charge >= 0.3 is 0 Å². The minimum atomic E-state index is -0.0898. The van der Waals surface area contributed by atoms with E-state index in [9.17, 15) is 4.79 Å². The molecule has 0 spiro atoms. The molecule has 0 aliphatic carbocycles. The van der Waals surface area contributed by atoms with Gasteiger partial charge in [0, 0.05) is 18.1 Å². The molecule has 0 radical (unpaired) electrons. The molecule has 2 heterocycles. The third-order valence-corrected chi connectivity index (χ3v) is 5.37. The second kappa shape index (κ2) is 6.18. The van der Waals surface area contributed by atoms with Gasteiger partial charge < -0.3 is 5.32 Å². The summed E-state index contributed by atoms with van der Waals surface area (Å²) in [7, 11) is 1.90. The number of hydrogen-bond donors (Lipinski definition) is 1. The second-order valence-corrected chi connectivity index (χ2v) is 6.97. The van der Waals surface area contributed by atoms with Gasteiger partial charge in [0.1, 0.15) is 4.83 Å². The number of carbonyl (C=O) groups excluding carboxylic acids is 1. The number of nitrogens with zero attached hydrogens (tertiary/aromatic N) is 2. The Morgan fingerprint density at radius 3 is 2.40 bits per heavy atom. The first-order valence-corrected chi connectivity index (χ1v) is 8.83. The molecule has 0 fully saturated rings. The Morgan fingerprint density at radius 1 is 1.04 bits per heavy atom. The summed E-state index contributed by atoms with van der Waals surface area (Å²) in [5, 5.41) is 8.38. The third kappa shape index (κ3) is 2.94. The highest BCUT2D eigenvalue weighted by molar-refractivity contribution is 7.20. The molecule has 4 aromatic rings. The van der Waals surface area contributed by atoms with E-state index in [1.807, 2.05) is 67.2 Å². The number of nitrogens with one attached hydrogen (secondary N) is 1. The highest BCUT2D eigenvalue weighted by Gasteiger charge is 2.15. The molecule has 124 valence electrons. The van der Waals surface area contributed by atoms with E-state index in [-0.39, 0.29) is 5.91 Å². The monoisotopic (exact) mass is 347 g/mol. The molecular formula is C20H17N3OS. The summed E-state index contributed by atoms with van der Waals surface area (Å²) in [6.07, 6.45) is 0. The molecule has 1 N–H and O–H groups in total. The Labute approximate surface area is 149 Å². The van der Waals surface area contributed by atoms with E-state index in [2.05, 4.69) is 22.5 Å². The SMILES string of the molecule is Cc1nn(C)c2sc(C(=O)Nc3ccc(-c4ccccc4)cc3)cc12. The average molecular weight is 347 g/mol. The number of fused-ring (bicyclic) bond motifs is 1. The lowest BCUT2D eigenvalue weighted by molar-refractivity contribution is 0.103. The minimum Gasteiger partial charge on any atom is -0.321 e. The van der Waals surface area contributed by atoms with Crippen LogP contribution in [0.2, 0.25) is 0 Å². The molecule has 0 atom stereocenters. The Morgan fingerprint density at radius 2 is 1.72 bits per heavy atom. The topological polar surface area (TPSA) is 46.9 Å². The predicted octanol–water partition coefficient (Wildman–Crippen LogP) is 4.86. The van der Waals surface area contributed by atoms with Crippen molar-refractivity contribution in [2.75, 3.05) is 5.32 Å². The van der Waals surface area contributed by atoms with E-state index in [4.69, 9.17) is 0 Å². The summed E-state index contributed by atoms with van der Waals surface area (Å²) in [4.78, 5) is 14.2. The van der Waals surface area contributed by atoms with E-state index >= 15 is 0 Å². The Balaban J connectivity index is 1.54. The first-order chi connectivity index (χ1) is 12.1. The smallest absolute Gasteiger partial charge is 0.265 e. The zero-order chi connectivity index (χ0) is 17.4. The molecule has 0 bridgehead atoms. The highest BCUT2D eigenvalue weighted by atomic mass is 32.1. The van der Waals surface area contributed by atoms with Crippen molar-refractivity contribution in [2.24, 2.45) is 7.05 Å². The summed E-state index contributed by atoms with van der Waals surface area (Å²) in [5.41, 5.74) is 4.02. The van der Waals surface area contributed by atoms with Gasteiger partial charge in [0.05, 0.1) is 10.6 Å². The number of aryl methyl sites for hydroxylation is 2. The van der Waals surface area contributed by atoms with Crippen LogP contribution >= 0.6 is 11.3 Å². The van der Waals surface area contributed by atoms with Crippen molar-refractivity contribution in [3.63, 3.8) is 0 Å². The maximum absolute atomic E-state index is 12.5. The van der Waals surface area contributed by atoms with Crippen LogP contribution in [0.3, 0.4) is 0 Å². The van der Waals surface area contributed by atoms with Crippen molar-refractivity contribution in [3.05, 3.63) is 71.2 Å². The van der Waals surface area contributed by atoms with E-state index < -0.39 is 0 Å². The van der Waals surface area contributed by atoms with Gasteiger partial charge in [-0.3, -0.25) is 9.48 Å². The fourth-order valence-electron chi connectivity index (χ4n) is 2.89. The van der Waals surface area contributed by atoms with Gasteiger partial charge in [-0.1, -0.05) is 42.5 Å². The summed E-state index contributed by atoms with van der Waals surface area (Å²) >= 11 is 1.46. The van der Waals surface area contributed by atoms with Crippen LogP contribution < -0.4 is 5.32 Å². The van der Waals surface area contributed by atoms with E-state index in [1.54, 1.807) is 0 Å². The molecule has 0 saturated heterocycles. The standard InChI is InChI=1S/C20H17N3OS/c1-13-17-12-18(25-20(17)23(2)22-13)19(24)21-16-10-8-15(9-11-16)14-6-4-3-5-7-14/h3-12H,1-2H3,(H,21,24). The van der Waals surface area contributed by atoms with Crippen molar-refractivity contribution in [3.8, 4) is 11.1 Å². The number of anilines is 1. The lowest BCUT2D eigenvalue weighted by atomic mass is 10.1. The van der Waals surface area contributed by atoms with Gasteiger partial charge in [-0.25, -0.2) is 0 Å². The van der Waals surface area contributed by atoms with Crippen molar-refractivity contribution in [1.29, 1.82) is 0 Å². The van der Waals surface area contributed by atoms with Gasteiger partial charge in [-0.15, -0.1) is 11.3 Å². The van der Waals surface area contributed by atoms with E-state index in [0.717, 1.165) is 32.7 Å². The molecule has 1 amide bonds. The molecule has 25 heavy (non-hydrogen) atoms. The molecule has 0 aliphatic heterocycles. The zero-order valence-corrected chi connectivity index (χ0v) is 14.8. The van der Waals surface area contributed by atoms with Crippen LogP contribution in [0, 0.1) is 6.92 Å². The number of carbonyl (C=O) groups is 1. The average Bonchev–Trinajstić information content (AvgIpc) is 3.18. The van der Waals surface area contributed by atoms with Crippen LogP contribution in [-0.2, 0) is 7.05 Å². The van der Waals surface area contributed by atoms with Crippen LogP contribution in [0.25, 0.3) is 21.3 Å². The number of aromatic nitrogens is 2. The van der Waals surface area contributed by atoms with Crippen LogP contribution in [0.4, 0.5) is 5.69 Å². The highest BCUT2D eigenvalue weighted by Crippen LogP contribution is 2.28. The summed E-state index contributed by atoms with van der Waals surface area (Å²) in [6.45, 7) is 1.96. The minimum absolute atomic E-state index is 0.0898. The largest absolute Gasteiger partial charge is 0.321 e. The molecule has 2 aromatic heterocycles. The number of benzene rings is 2. The summed E-state index contributed by atoms with van der Waals surface area (Å²) in [6, 6.07) is 20.0. The van der Waals surface area contributed by atoms with Gasteiger partial charge in [0.25, 0.3) is 5.91 Å². The lowest BCUT2D eigenvalue weighted by Gasteiger charge is -2.06. The quantitative estimate of drug-likeness (QED) is 0.575. The Hall–Kier alpha value is -2.92. The number of rotatable bonds is 3. The maximum Gasteiger partial charge on any atom is 0.265 e. The molecule has 5 heteroatoms. The van der Waals surface area contributed by atoms with Gasteiger partial charge in [-0.05, 0) is 36.2 Å². The molecule has 2 aromatic carbocycles. The van der Waals surface area contributed by atoms with Crippen LogP contribution in [0.1, 0.15) is 15.4 Å². The first-order valence-electron chi connectivity index (χ1n) is 8.02. The Bertz CT molecular complexity index is 1010. The summed E-state index contributed by atoms with van der Waals surface area (Å²) in [5.74, 6) is -0.0898.